The molecule has 0 spiro atoms. The van der Waals surface area contributed by atoms with Gasteiger partial charge in [-0.1, -0.05) is 19.0 Å². The van der Waals surface area contributed by atoms with E-state index in [9.17, 15) is 4.79 Å². The van der Waals surface area contributed by atoms with Crippen LogP contribution in [-0.2, 0) is 9.63 Å². The Morgan fingerprint density at radius 3 is 2.40 bits per heavy atom. The molecule has 1 aromatic carbocycles. The molecule has 0 unspecified atom stereocenters. The molecular formula is C26H35N7O2. The molecule has 4 rings (SSSR count). The van der Waals surface area contributed by atoms with E-state index in [0.717, 1.165) is 72.8 Å². The summed E-state index contributed by atoms with van der Waals surface area (Å²) in [7, 11) is 1.56. The third kappa shape index (κ3) is 5.23. The molecule has 3 heterocycles. The lowest BCUT2D eigenvalue weighted by Gasteiger charge is -2.35. The number of aromatic nitrogens is 3. The number of carbonyl (C=O) groups excluding carboxylic acids is 1. The second-order valence-corrected chi connectivity index (χ2v) is 8.87. The van der Waals surface area contributed by atoms with Crippen LogP contribution in [0.2, 0.25) is 0 Å². The van der Waals surface area contributed by atoms with Crippen LogP contribution in [0, 0.1) is 0 Å². The largest absolute Gasteiger partial charge is 0.399 e. The number of benzene rings is 1. The molecule has 186 valence electrons. The normalized spacial score (nSPS) is 14.6. The minimum atomic E-state index is 0.143. The molecule has 0 radical (unpaired) electrons. The Morgan fingerprint density at radius 1 is 1.11 bits per heavy atom. The van der Waals surface area contributed by atoms with Crippen molar-refractivity contribution in [2.24, 2.45) is 5.16 Å². The zero-order chi connectivity index (χ0) is 24.9. The maximum Gasteiger partial charge on any atom is 0.229 e. The molecule has 2 aromatic heterocycles. The summed E-state index contributed by atoms with van der Waals surface area (Å²) in [5.74, 6) is 0.697. The van der Waals surface area contributed by atoms with Crippen LogP contribution in [0.1, 0.15) is 52.3 Å². The van der Waals surface area contributed by atoms with Crippen LogP contribution >= 0.6 is 0 Å². The van der Waals surface area contributed by atoms with Gasteiger partial charge in [0.05, 0.1) is 5.69 Å². The Morgan fingerprint density at radius 2 is 1.80 bits per heavy atom. The molecule has 1 fully saturated rings. The van der Waals surface area contributed by atoms with Crippen LogP contribution in [-0.4, -0.2) is 64.3 Å². The van der Waals surface area contributed by atoms with Crippen LogP contribution in [0.15, 0.2) is 41.7 Å². The monoisotopic (exact) mass is 477 g/mol. The average molecular weight is 478 g/mol. The van der Waals surface area contributed by atoms with Crippen molar-refractivity contribution >= 4 is 40.0 Å². The molecule has 1 aliphatic rings. The Kier molecular flexibility index (Phi) is 7.53. The molecule has 35 heavy (non-hydrogen) atoms. The predicted molar refractivity (Wildman–Crippen MR) is 141 cm³/mol. The summed E-state index contributed by atoms with van der Waals surface area (Å²) in [4.78, 5) is 30.2. The molecule has 3 aromatic rings. The van der Waals surface area contributed by atoms with Gasteiger partial charge in [-0.15, -0.1) is 0 Å². The number of fused-ring (bicyclic) bond motifs is 1. The molecule has 9 heteroatoms. The van der Waals surface area contributed by atoms with Gasteiger partial charge in [-0.3, -0.25) is 4.79 Å². The molecule has 1 saturated heterocycles. The Balaban J connectivity index is 1.56. The Hall–Kier alpha value is -3.62. The van der Waals surface area contributed by atoms with Gasteiger partial charge in [0.25, 0.3) is 0 Å². The first-order chi connectivity index (χ1) is 16.9. The molecule has 1 aliphatic heterocycles. The van der Waals surface area contributed by atoms with Crippen LogP contribution in [0.4, 0.5) is 17.3 Å². The van der Waals surface area contributed by atoms with Crippen molar-refractivity contribution in [3.8, 4) is 0 Å². The highest BCUT2D eigenvalue weighted by molar-refractivity contribution is 6.01. The van der Waals surface area contributed by atoms with E-state index in [1.165, 1.54) is 0 Å². The topological polar surface area (TPSA) is 87.9 Å². The summed E-state index contributed by atoms with van der Waals surface area (Å²) in [6.07, 6.45) is 3.83. The van der Waals surface area contributed by atoms with Gasteiger partial charge < -0.3 is 24.5 Å². The van der Waals surface area contributed by atoms with Crippen molar-refractivity contribution in [1.29, 1.82) is 0 Å². The van der Waals surface area contributed by atoms with Gasteiger partial charge >= 0.3 is 0 Å². The van der Waals surface area contributed by atoms with Crippen molar-refractivity contribution in [3.05, 3.63) is 42.2 Å². The van der Waals surface area contributed by atoms with Crippen molar-refractivity contribution in [2.75, 3.05) is 43.5 Å². The third-order valence-electron chi connectivity index (χ3n) is 6.70. The van der Waals surface area contributed by atoms with E-state index < -0.39 is 0 Å². The van der Waals surface area contributed by atoms with Crippen molar-refractivity contribution in [1.82, 2.24) is 19.4 Å². The summed E-state index contributed by atoms with van der Waals surface area (Å²) < 4.78 is 2.25. The van der Waals surface area contributed by atoms with Gasteiger partial charge in [0.15, 0.2) is 0 Å². The first kappa shape index (κ1) is 24.5. The lowest BCUT2D eigenvalue weighted by Crippen LogP contribution is -2.48. The second-order valence-electron chi connectivity index (χ2n) is 8.87. The average Bonchev–Trinajstić information content (AvgIpc) is 3.24. The molecule has 9 nitrogen and oxygen atoms in total. The molecule has 0 saturated carbocycles. The summed E-state index contributed by atoms with van der Waals surface area (Å²) in [6.45, 7) is 11.2. The zero-order valence-electron chi connectivity index (χ0n) is 21.3. The van der Waals surface area contributed by atoms with Crippen LogP contribution < -0.4 is 10.2 Å². The Bertz CT molecular complexity index is 1190. The number of rotatable bonds is 8. The number of carbonyl (C=O) groups is 1. The molecule has 0 aliphatic carbocycles. The fourth-order valence-electron chi connectivity index (χ4n) is 4.72. The van der Waals surface area contributed by atoms with E-state index in [4.69, 9.17) is 9.82 Å². The van der Waals surface area contributed by atoms with Gasteiger partial charge in [0.2, 0.25) is 11.9 Å². The molecule has 1 N–H and O–H groups in total. The minimum Gasteiger partial charge on any atom is -0.399 e. The highest BCUT2D eigenvalue weighted by atomic mass is 16.6. The first-order valence-electron chi connectivity index (χ1n) is 12.3. The molecule has 0 atom stereocenters. The Labute approximate surface area is 206 Å². The number of anilines is 3. The molecule has 1 amide bonds. The molecule has 0 bridgehead atoms. The zero-order valence-corrected chi connectivity index (χ0v) is 21.3. The van der Waals surface area contributed by atoms with Crippen LogP contribution in [0.5, 0.6) is 0 Å². The number of nitrogens with zero attached hydrogens (tertiary/aromatic N) is 6. The SMILES string of the molecule is CCC(CC)n1c(/C(C)=N/OC)cc2cnc(Nc3ccc(N4CCN(C(C)=O)CC4)cc3)nc21. The number of hydrogen-bond acceptors (Lipinski definition) is 7. The number of piperazine rings is 1. The van der Waals surface area contributed by atoms with Crippen LogP contribution in [0.25, 0.3) is 11.0 Å². The summed E-state index contributed by atoms with van der Waals surface area (Å²) >= 11 is 0. The fraction of sp³-hybridized carbons (Fsp3) is 0.462. The van der Waals surface area contributed by atoms with Crippen molar-refractivity contribution in [2.45, 2.75) is 46.6 Å². The standard InChI is InChI=1S/C26H35N7O2/c1-6-22(7-2)33-24(18(3)30-35-5)16-20-17-27-26(29-25(20)33)28-21-8-10-23(11-9-21)32-14-12-31(13-15-32)19(4)34/h8-11,16-17,22H,6-7,12-15H2,1-5H3,(H,27,28,29)/b30-18+. The summed E-state index contributed by atoms with van der Waals surface area (Å²) in [5, 5.41) is 8.49. The van der Waals surface area contributed by atoms with Gasteiger partial charge in [-0.05, 0) is 50.1 Å². The van der Waals surface area contributed by atoms with Crippen molar-refractivity contribution in [3.63, 3.8) is 0 Å². The second kappa shape index (κ2) is 10.8. The van der Waals surface area contributed by atoms with Gasteiger partial charge in [0, 0.05) is 62.1 Å². The maximum atomic E-state index is 11.6. The number of oxime groups is 1. The van der Waals surface area contributed by atoms with E-state index in [-0.39, 0.29) is 5.91 Å². The minimum absolute atomic E-state index is 0.143. The van der Waals surface area contributed by atoms with Crippen molar-refractivity contribution < 1.29 is 9.63 Å². The lowest BCUT2D eigenvalue weighted by atomic mass is 10.1. The quantitative estimate of drug-likeness (QED) is 0.378. The lowest BCUT2D eigenvalue weighted by molar-refractivity contribution is -0.129. The van der Waals surface area contributed by atoms with E-state index in [1.807, 2.05) is 30.2 Å². The predicted octanol–water partition coefficient (Wildman–Crippen LogP) is 4.57. The molecular weight excluding hydrogens is 442 g/mol. The first-order valence-corrected chi connectivity index (χ1v) is 12.3. The highest BCUT2D eigenvalue weighted by Crippen LogP contribution is 2.28. The number of amides is 1. The maximum absolute atomic E-state index is 11.6. The van der Waals surface area contributed by atoms with E-state index in [2.05, 4.69) is 57.0 Å². The fourth-order valence-corrected chi connectivity index (χ4v) is 4.72. The summed E-state index contributed by atoms with van der Waals surface area (Å²) in [5.41, 5.74) is 4.77. The van der Waals surface area contributed by atoms with E-state index >= 15 is 0 Å². The van der Waals surface area contributed by atoms with Gasteiger partial charge in [-0.2, -0.15) is 4.98 Å². The van der Waals surface area contributed by atoms with E-state index in [1.54, 1.807) is 14.0 Å². The van der Waals surface area contributed by atoms with Gasteiger partial charge in [-0.25, -0.2) is 4.98 Å². The number of nitrogens with one attached hydrogen (secondary N) is 1. The highest BCUT2D eigenvalue weighted by Gasteiger charge is 2.20. The van der Waals surface area contributed by atoms with Crippen LogP contribution in [0.3, 0.4) is 0 Å². The third-order valence-corrected chi connectivity index (χ3v) is 6.70. The summed E-state index contributed by atoms with van der Waals surface area (Å²) in [6, 6.07) is 10.7. The van der Waals surface area contributed by atoms with Gasteiger partial charge in [0.1, 0.15) is 18.5 Å². The van der Waals surface area contributed by atoms with E-state index in [0.29, 0.717) is 12.0 Å². The smallest absolute Gasteiger partial charge is 0.229 e. The number of hydrogen-bond donors (Lipinski definition) is 1.